The number of anilines is 1. The molecule has 5 rings (SSSR count). The summed E-state index contributed by atoms with van der Waals surface area (Å²) < 4.78 is 7.30. The molecule has 0 bridgehead atoms. The Kier molecular flexibility index (Phi) is 6.72. The van der Waals surface area contributed by atoms with E-state index in [-0.39, 0.29) is 5.91 Å². The molecule has 0 unspecified atom stereocenters. The van der Waals surface area contributed by atoms with Crippen molar-refractivity contribution in [3.8, 4) is 5.75 Å². The molecule has 1 amide bonds. The van der Waals surface area contributed by atoms with Gasteiger partial charge < -0.3 is 18.9 Å². The maximum Gasteiger partial charge on any atom is 0.253 e. The zero-order valence-corrected chi connectivity index (χ0v) is 20.1. The van der Waals surface area contributed by atoms with E-state index in [1.807, 2.05) is 70.1 Å². The zero-order valence-electron chi connectivity index (χ0n) is 19.3. The fourth-order valence-corrected chi connectivity index (χ4v) is 5.04. The van der Waals surface area contributed by atoms with Crippen molar-refractivity contribution in [2.45, 2.75) is 17.1 Å². The molecule has 7 heteroatoms. The Morgan fingerprint density at radius 1 is 0.971 bits per heavy atom. The number of benzene rings is 2. The highest BCUT2D eigenvalue weighted by molar-refractivity contribution is 7.98. The number of nitrogens with zero attached hydrogens (tertiary/aromatic N) is 4. The lowest BCUT2D eigenvalue weighted by atomic mass is 10.2. The van der Waals surface area contributed by atoms with Gasteiger partial charge in [-0.3, -0.25) is 4.79 Å². The summed E-state index contributed by atoms with van der Waals surface area (Å²) in [5.41, 5.74) is 3.92. The third-order valence-electron chi connectivity index (χ3n) is 6.12. The normalized spacial score (nSPS) is 14.3. The van der Waals surface area contributed by atoms with Crippen LogP contribution in [-0.2, 0) is 5.75 Å². The third-order valence-corrected chi connectivity index (χ3v) is 7.17. The van der Waals surface area contributed by atoms with E-state index in [9.17, 15) is 4.79 Å². The van der Waals surface area contributed by atoms with Gasteiger partial charge in [-0.05, 0) is 67.1 Å². The average Bonchev–Trinajstić information content (AvgIpc) is 3.15. The molecule has 174 valence electrons. The van der Waals surface area contributed by atoms with Crippen LogP contribution in [-0.4, -0.2) is 53.5 Å². The summed E-state index contributed by atoms with van der Waals surface area (Å²) in [7, 11) is 1.68. The molecular formula is C27H28N4O2S. The molecule has 0 saturated carbocycles. The number of hydrogen-bond acceptors (Lipinski definition) is 5. The van der Waals surface area contributed by atoms with Crippen LogP contribution in [0.2, 0.25) is 0 Å². The van der Waals surface area contributed by atoms with Crippen molar-refractivity contribution < 1.29 is 9.53 Å². The molecule has 4 aromatic rings. The van der Waals surface area contributed by atoms with Crippen molar-refractivity contribution >= 4 is 29.0 Å². The van der Waals surface area contributed by atoms with E-state index in [2.05, 4.69) is 28.2 Å². The van der Waals surface area contributed by atoms with Gasteiger partial charge in [0.25, 0.3) is 5.91 Å². The molecule has 3 heterocycles. The number of aromatic nitrogens is 2. The standard InChI is InChI=1S/C27H28N4O2S/c1-33-24-10-8-23(9-11-24)29-15-4-16-30(18-17-29)27(32)21-6-12-25(13-7-21)34-20-22-19-31-14-3-2-5-26(31)28-22/h2-3,5-14,19H,4,15-18,20H2,1H3. The first-order valence-electron chi connectivity index (χ1n) is 11.5. The Bertz CT molecular complexity index is 1220. The second kappa shape index (κ2) is 10.2. The number of pyridine rings is 1. The van der Waals surface area contributed by atoms with E-state index in [1.165, 1.54) is 5.69 Å². The van der Waals surface area contributed by atoms with Crippen molar-refractivity contribution in [1.29, 1.82) is 0 Å². The lowest BCUT2D eigenvalue weighted by Crippen LogP contribution is -2.35. The Morgan fingerprint density at radius 3 is 2.56 bits per heavy atom. The minimum absolute atomic E-state index is 0.105. The number of hydrogen-bond donors (Lipinski definition) is 0. The van der Waals surface area contributed by atoms with Crippen LogP contribution in [0.25, 0.3) is 5.65 Å². The summed E-state index contributed by atoms with van der Waals surface area (Å²) in [6.07, 6.45) is 5.02. The first-order valence-corrected chi connectivity index (χ1v) is 12.5. The highest BCUT2D eigenvalue weighted by Crippen LogP contribution is 2.24. The average molecular weight is 473 g/mol. The maximum absolute atomic E-state index is 13.1. The quantitative estimate of drug-likeness (QED) is 0.370. The summed E-state index contributed by atoms with van der Waals surface area (Å²) in [5, 5.41) is 0. The van der Waals surface area contributed by atoms with Crippen molar-refractivity contribution in [3.05, 3.63) is 90.4 Å². The van der Waals surface area contributed by atoms with E-state index >= 15 is 0 Å². The molecule has 6 nitrogen and oxygen atoms in total. The molecule has 1 fully saturated rings. The van der Waals surface area contributed by atoms with Gasteiger partial charge in [-0.1, -0.05) is 6.07 Å². The van der Waals surface area contributed by atoms with E-state index in [1.54, 1.807) is 18.9 Å². The number of methoxy groups -OCH3 is 1. The number of rotatable bonds is 6. The smallest absolute Gasteiger partial charge is 0.253 e. The Balaban J connectivity index is 1.17. The second-order valence-corrected chi connectivity index (χ2v) is 9.39. The van der Waals surface area contributed by atoms with E-state index < -0.39 is 0 Å². The van der Waals surface area contributed by atoms with Crippen LogP contribution in [0.15, 0.2) is 84.0 Å². The number of imidazole rings is 1. The van der Waals surface area contributed by atoms with E-state index in [0.29, 0.717) is 0 Å². The molecule has 2 aromatic carbocycles. The van der Waals surface area contributed by atoms with E-state index in [4.69, 9.17) is 4.74 Å². The molecule has 0 N–H and O–H groups in total. The highest BCUT2D eigenvalue weighted by Gasteiger charge is 2.20. The first-order chi connectivity index (χ1) is 16.7. The van der Waals surface area contributed by atoms with Gasteiger partial charge in [-0.15, -0.1) is 11.8 Å². The van der Waals surface area contributed by atoms with Gasteiger partial charge in [0.2, 0.25) is 0 Å². The third kappa shape index (κ3) is 5.04. The molecule has 34 heavy (non-hydrogen) atoms. The van der Waals surface area contributed by atoms with Crippen LogP contribution in [0.5, 0.6) is 5.75 Å². The Hall–Kier alpha value is -3.45. The van der Waals surface area contributed by atoms with Crippen LogP contribution >= 0.6 is 11.8 Å². The van der Waals surface area contributed by atoms with Crippen molar-refractivity contribution in [2.75, 3.05) is 38.2 Å². The summed E-state index contributed by atoms with van der Waals surface area (Å²) in [6, 6.07) is 22.1. The van der Waals surface area contributed by atoms with Gasteiger partial charge in [-0.2, -0.15) is 0 Å². The molecule has 0 aliphatic carbocycles. The predicted molar refractivity (Wildman–Crippen MR) is 137 cm³/mol. The lowest BCUT2D eigenvalue weighted by molar-refractivity contribution is 0.0767. The Labute approximate surface area is 204 Å². The van der Waals surface area contributed by atoms with Gasteiger partial charge >= 0.3 is 0 Å². The second-order valence-electron chi connectivity index (χ2n) is 8.34. The van der Waals surface area contributed by atoms with Crippen LogP contribution < -0.4 is 9.64 Å². The number of carbonyl (C=O) groups is 1. The minimum Gasteiger partial charge on any atom is -0.497 e. The van der Waals surface area contributed by atoms with Gasteiger partial charge in [0.05, 0.1) is 12.8 Å². The van der Waals surface area contributed by atoms with Crippen molar-refractivity contribution in [1.82, 2.24) is 14.3 Å². The lowest BCUT2D eigenvalue weighted by Gasteiger charge is -2.24. The monoisotopic (exact) mass is 472 g/mol. The predicted octanol–water partition coefficient (Wildman–Crippen LogP) is 4.99. The minimum atomic E-state index is 0.105. The molecule has 1 aliphatic heterocycles. The maximum atomic E-state index is 13.1. The van der Waals surface area contributed by atoms with Crippen LogP contribution in [0, 0.1) is 0 Å². The SMILES string of the molecule is COc1ccc(N2CCCN(C(=O)c3ccc(SCc4cn5ccccc5n4)cc3)CC2)cc1. The number of thioether (sulfide) groups is 1. The first kappa shape index (κ1) is 22.3. The summed E-state index contributed by atoms with van der Waals surface area (Å²) in [6.45, 7) is 3.25. The fourth-order valence-electron chi connectivity index (χ4n) is 4.26. The summed E-state index contributed by atoms with van der Waals surface area (Å²) in [5.74, 6) is 1.76. The van der Waals surface area contributed by atoms with Crippen LogP contribution in [0.4, 0.5) is 5.69 Å². The zero-order chi connectivity index (χ0) is 23.3. The van der Waals surface area contributed by atoms with Gasteiger partial charge in [0.15, 0.2) is 0 Å². The Morgan fingerprint density at radius 2 is 1.79 bits per heavy atom. The van der Waals surface area contributed by atoms with Gasteiger partial charge in [-0.25, -0.2) is 4.98 Å². The van der Waals surface area contributed by atoms with Gasteiger partial charge in [0, 0.05) is 60.5 Å². The molecule has 0 spiro atoms. The number of carbonyl (C=O) groups excluding carboxylic acids is 1. The number of ether oxygens (including phenoxy) is 1. The molecule has 1 aliphatic rings. The fraction of sp³-hybridized carbons (Fsp3) is 0.259. The van der Waals surface area contributed by atoms with Crippen LogP contribution in [0.3, 0.4) is 0 Å². The topological polar surface area (TPSA) is 50.1 Å². The molecule has 0 atom stereocenters. The summed E-state index contributed by atoms with van der Waals surface area (Å²) in [4.78, 5) is 23.2. The van der Waals surface area contributed by atoms with E-state index in [0.717, 1.165) is 65.9 Å². The molecule has 0 radical (unpaired) electrons. The number of fused-ring (bicyclic) bond motifs is 1. The van der Waals surface area contributed by atoms with Gasteiger partial charge in [0.1, 0.15) is 11.4 Å². The summed E-state index contributed by atoms with van der Waals surface area (Å²) >= 11 is 1.73. The molecular weight excluding hydrogens is 444 g/mol. The number of amides is 1. The van der Waals surface area contributed by atoms with Crippen LogP contribution in [0.1, 0.15) is 22.5 Å². The largest absolute Gasteiger partial charge is 0.497 e. The molecule has 1 saturated heterocycles. The van der Waals surface area contributed by atoms with Crippen molar-refractivity contribution in [2.24, 2.45) is 0 Å². The van der Waals surface area contributed by atoms with Crippen molar-refractivity contribution in [3.63, 3.8) is 0 Å². The highest BCUT2D eigenvalue weighted by atomic mass is 32.2. The molecule has 2 aromatic heterocycles.